The minimum Gasteiger partial charge on any atom is -0.493 e. The zero-order valence-corrected chi connectivity index (χ0v) is 9.75. The minimum absolute atomic E-state index is 0.00912. The van der Waals surface area contributed by atoms with Gasteiger partial charge in [0, 0.05) is 23.7 Å². The van der Waals surface area contributed by atoms with Crippen molar-refractivity contribution >= 4 is 0 Å². The molecule has 0 amide bonds. The number of rotatable bonds is 2. The van der Waals surface area contributed by atoms with Crippen LogP contribution < -0.4 is 4.74 Å². The molecule has 16 heavy (non-hydrogen) atoms. The third-order valence-electron chi connectivity index (χ3n) is 3.17. The molecule has 0 aromatic heterocycles. The fourth-order valence-electron chi connectivity index (χ4n) is 2.21. The summed E-state index contributed by atoms with van der Waals surface area (Å²) in [7, 11) is 1.73. The maximum Gasteiger partial charge on any atom is 0.123 e. The summed E-state index contributed by atoms with van der Waals surface area (Å²) in [5, 5.41) is 0. The molecule has 2 nitrogen and oxygen atoms in total. The molecule has 0 saturated carbocycles. The van der Waals surface area contributed by atoms with E-state index in [1.54, 1.807) is 7.11 Å². The van der Waals surface area contributed by atoms with E-state index in [2.05, 4.69) is 12.8 Å². The summed E-state index contributed by atoms with van der Waals surface area (Å²) in [4.78, 5) is 0. The zero-order valence-electron chi connectivity index (χ0n) is 9.75. The van der Waals surface area contributed by atoms with Gasteiger partial charge in [0.25, 0.3) is 0 Å². The lowest BCUT2D eigenvalue weighted by Crippen LogP contribution is -2.34. The van der Waals surface area contributed by atoms with E-state index in [-0.39, 0.29) is 5.41 Å². The van der Waals surface area contributed by atoms with E-state index in [1.165, 1.54) is 0 Å². The van der Waals surface area contributed by atoms with Crippen molar-refractivity contribution in [2.45, 2.75) is 18.8 Å². The van der Waals surface area contributed by atoms with Crippen LogP contribution in [0.15, 0.2) is 18.2 Å². The molecule has 2 heteroatoms. The van der Waals surface area contributed by atoms with Crippen LogP contribution in [0.2, 0.25) is 0 Å². The number of methoxy groups -OCH3 is 1. The molecule has 0 fully saturated rings. The molecule has 0 radical (unpaired) electrons. The monoisotopic (exact) mass is 216 g/mol. The standard InChI is InChI=1S/C14H16O2/c1-4-11-5-6-13-12(9-11)14(2,10-15-3)7-8-16-13/h1,5-6,9H,7-8,10H2,2-3H3. The fourth-order valence-corrected chi connectivity index (χ4v) is 2.21. The summed E-state index contributed by atoms with van der Waals surface area (Å²) in [5.41, 5.74) is 2.07. The van der Waals surface area contributed by atoms with E-state index in [9.17, 15) is 0 Å². The van der Waals surface area contributed by atoms with Gasteiger partial charge in [-0.3, -0.25) is 0 Å². The van der Waals surface area contributed by atoms with Gasteiger partial charge < -0.3 is 9.47 Å². The summed E-state index contributed by atoms with van der Waals surface area (Å²) >= 11 is 0. The smallest absolute Gasteiger partial charge is 0.123 e. The van der Waals surface area contributed by atoms with Crippen LogP contribution in [0.25, 0.3) is 0 Å². The molecule has 1 aromatic carbocycles. The number of terminal acetylenes is 1. The van der Waals surface area contributed by atoms with Crippen molar-refractivity contribution in [2.75, 3.05) is 20.3 Å². The first-order valence-corrected chi connectivity index (χ1v) is 5.42. The summed E-state index contributed by atoms with van der Waals surface area (Å²) < 4.78 is 10.9. The molecule has 1 aromatic rings. The molecular weight excluding hydrogens is 200 g/mol. The quantitative estimate of drug-likeness (QED) is 0.706. The van der Waals surface area contributed by atoms with E-state index in [0.29, 0.717) is 6.61 Å². The minimum atomic E-state index is 0.00912. The second-order valence-corrected chi connectivity index (χ2v) is 4.45. The Morgan fingerprint density at radius 3 is 3.06 bits per heavy atom. The Labute approximate surface area is 96.6 Å². The molecule has 2 rings (SSSR count). The van der Waals surface area contributed by atoms with Crippen molar-refractivity contribution in [2.24, 2.45) is 0 Å². The molecule has 0 aliphatic carbocycles. The van der Waals surface area contributed by atoms with Gasteiger partial charge in [-0.15, -0.1) is 6.42 Å². The SMILES string of the molecule is C#Cc1ccc2c(c1)C(C)(COC)CCO2. The molecule has 0 saturated heterocycles. The molecule has 84 valence electrons. The van der Waals surface area contributed by atoms with Crippen LogP contribution in [-0.4, -0.2) is 20.3 Å². The normalized spacial score (nSPS) is 23.1. The van der Waals surface area contributed by atoms with E-state index >= 15 is 0 Å². The third kappa shape index (κ3) is 1.79. The molecular formula is C14H16O2. The second kappa shape index (κ2) is 4.19. The summed E-state index contributed by atoms with van der Waals surface area (Å²) in [6, 6.07) is 5.91. The maximum absolute atomic E-state index is 5.64. The third-order valence-corrected chi connectivity index (χ3v) is 3.17. The van der Waals surface area contributed by atoms with Crippen LogP contribution in [0.1, 0.15) is 24.5 Å². The van der Waals surface area contributed by atoms with Crippen LogP contribution in [-0.2, 0) is 10.2 Å². The molecule has 1 aliphatic heterocycles. The Morgan fingerprint density at radius 2 is 2.38 bits per heavy atom. The van der Waals surface area contributed by atoms with Gasteiger partial charge in [-0.05, 0) is 24.6 Å². The van der Waals surface area contributed by atoms with Crippen molar-refractivity contribution < 1.29 is 9.47 Å². The highest BCUT2D eigenvalue weighted by atomic mass is 16.5. The predicted molar refractivity (Wildman–Crippen MR) is 63.7 cm³/mol. The average molecular weight is 216 g/mol. The van der Waals surface area contributed by atoms with Gasteiger partial charge >= 0.3 is 0 Å². The highest BCUT2D eigenvalue weighted by Gasteiger charge is 2.33. The Kier molecular flexibility index (Phi) is 2.89. The van der Waals surface area contributed by atoms with Crippen molar-refractivity contribution in [3.63, 3.8) is 0 Å². The molecule has 0 bridgehead atoms. The Bertz CT molecular complexity index is 431. The first kappa shape index (κ1) is 11.0. The van der Waals surface area contributed by atoms with Crippen molar-refractivity contribution in [3.8, 4) is 18.1 Å². The Balaban J connectivity index is 2.47. The Morgan fingerprint density at radius 1 is 1.56 bits per heavy atom. The number of ether oxygens (including phenoxy) is 2. The van der Waals surface area contributed by atoms with Crippen LogP contribution in [0, 0.1) is 12.3 Å². The highest BCUT2D eigenvalue weighted by molar-refractivity contribution is 5.48. The van der Waals surface area contributed by atoms with Gasteiger partial charge in [-0.2, -0.15) is 0 Å². The molecule has 0 spiro atoms. The van der Waals surface area contributed by atoms with Crippen molar-refractivity contribution in [1.29, 1.82) is 0 Å². The first-order valence-electron chi connectivity index (χ1n) is 5.42. The molecule has 1 heterocycles. The lowest BCUT2D eigenvalue weighted by atomic mass is 9.78. The summed E-state index contributed by atoms with van der Waals surface area (Å²) in [6.45, 7) is 3.62. The lowest BCUT2D eigenvalue weighted by molar-refractivity contribution is 0.106. The van der Waals surface area contributed by atoms with Crippen molar-refractivity contribution in [1.82, 2.24) is 0 Å². The number of hydrogen-bond donors (Lipinski definition) is 0. The molecule has 1 unspecified atom stereocenters. The number of fused-ring (bicyclic) bond motifs is 1. The summed E-state index contributed by atoms with van der Waals surface area (Å²) in [6.07, 6.45) is 6.38. The van der Waals surface area contributed by atoms with E-state index in [1.807, 2.05) is 18.2 Å². The van der Waals surface area contributed by atoms with Gasteiger partial charge in [0.1, 0.15) is 5.75 Å². The summed E-state index contributed by atoms with van der Waals surface area (Å²) in [5.74, 6) is 3.60. The van der Waals surface area contributed by atoms with Crippen LogP contribution >= 0.6 is 0 Å². The van der Waals surface area contributed by atoms with E-state index in [0.717, 1.165) is 29.9 Å². The van der Waals surface area contributed by atoms with Crippen LogP contribution in [0.4, 0.5) is 0 Å². The van der Waals surface area contributed by atoms with Gasteiger partial charge in [0.2, 0.25) is 0 Å². The number of hydrogen-bond acceptors (Lipinski definition) is 2. The maximum atomic E-state index is 5.64. The average Bonchev–Trinajstić information content (AvgIpc) is 2.29. The first-order chi connectivity index (χ1) is 7.69. The van der Waals surface area contributed by atoms with Crippen LogP contribution in [0.5, 0.6) is 5.75 Å². The lowest BCUT2D eigenvalue weighted by Gasteiger charge is -2.35. The largest absolute Gasteiger partial charge is 0.493 e. The topological polar surface area (TPSA) is 18.5 Å². The molecule has 0 N–H and O–H groups in total. The number of benzene rings is 1. The predicted octanol–water partition coefficient (Wildman–Crippen LogP) is 2.35. The van der Waals surface area contributed by atoms with Gasteiger partial charge in [0.05, 0.1) is 13.2 Å². The van der Waals surface area contributed by atoms with E-state index in [4.69, 9.17) is 15.9 Å². The zero-order chi connectivity index (χ0) is 11.6. The molecule has 1 aliphatic rings. The second-order valence-electron chi connectivity index (χ2n) is 4.45. The fraction of sp³-hybridized carbons (Fsp3) is 0.429. The van der Waals surface area contributed by atoms with Gasteiger partial charge in [-0.25, -0.2) is 0 Å². The molecule has 1 atom stereocenters. The van der Waals surface area contributed by atoms with Crippen LogP contribution in [0.3, 0.4) is 0 Å². The van der Waals surface area contributed by atoms with Gasteiger partial charge in [0.15, 0.2) is 0 Å². The highest BCUT2D eigenvalue weighted by Crippen LogP contribution is 2.39. The van der Waals surface area contributed by atoms with Gasteiger partial charge in [-0.1, -0.05) is 12.8 Å². The van der Waals surface area contributed by atoms with E-state index < -0.39 is 0 Å². The van der Waals surface area contributed by atoms with Crippen molar-refractivity contribution in [3.05, 3.63) is 29.3 Å². The Hall–Kier alpha value is -1.46.